The average molecular weight is 379 g/mol. The molecule has 5 rings (SSSR count). The van der Waals surface area contributed by atoms with Gasteiger partial charge in [-0.25, -0.2) is 0 Å². The standard InChI is InChI=1S/C9H16O.C8H15N.C7H15N/c1-10-9-6-7-2-4-8(9)5-3-7;1-9-8-6-4-2-3-5-7-8;1-8-6-4-2-3-5-7-8/h7-9H,2-6H2,1H3;2-7H2,1H3;2-7H2,1H3. The summed E-state index contributed by atoms with van der Waals surface area (Å²) in [7, 11) is 6.00. The molecule has 1 aliphatic heterocycles. The molecular weight excluding hydrogens is 332 g/mol. The van der Waals surface area contributed by atoms with Gasteiger partial charge in [-0.2, -0.15) is 0 Å². The molecule has 5 fully saturated rings. The number of rotatable bonds is 1. The first-order valence-electron chi connectivity index (χ1n) is 11.9. The zero-order valence-corrected chi connectivity index (χ0v) is 18.6. The molecule has 0 aromatic carbocycles. The maximum Gasteiger partial charge on any atom is 0.0602 e. The molecule has 4 saturated carbocycles. The molecule has 0 amide bonds. The highest BCUT2D eigenvalue weighted by Crippen LogP contribution is 2.42. The van der Waals surface area contributed by atoms with E-state index >= 15 is 0 Å². The molecule has 3 nitrogen and oxygen atoms in total. The molecule has 0 radical (unpaired) electrons. The topological polar surface area (TPSA) is 24.8 Å². The summed E-state index contributed by atoms with van der Waals surface area (Å²) in [6.45, 7) is 2.64. The van der Waals surface area contributed by atoms with Crippen LogP contribution in [0.5, 0.6) is 0 Å². The van der Waals surface area contributed by atoms with Crippen LogP contribution in [-0.2, 0) is 4.74 Å². The van der Waals surface area contributed by atoms with Crippen molar-refractivity contribution < 1.29 is 4.74 Å². The highest BCUT2D eigenvalue weighted by molar-refractivity contribution is 5.84. The van der Waals surface area contributed by atoms with Crippen molar-refractivity contribution in [3.8, 4) is 0 Å². The Morgan fingerprint density at radius 3 is 1.78 bits per heavy atom. The minimum atomic E-state index is 0.618. The molecule has 1 unspecified atom stereocenters. The van der Waals surface area contributed by atoms with E-state index in [0.717, 1.165) is 11.8 Å². The van der Waals surface area contributed by atoms with Gasteiger partial charge in [0.25, 0.3) is 0 Å². The minimum absolute atomic E-state index is 0.618. The van der Waals surface area contributed by atoms with Crippen molar-refractivity contribution in [2.24, 2.45) is 16.8 Å². The number of hydrogen-bond acceptors (Lipinski definition) is 3. The largest absolute Gasteiger partial charge is 0.381 e. The highest BCUT2D eigenvalue weighted by atomic mass is 16.5. The summed E-state index contributed by atoms with van der Waals surface area (Å²) in [6.07, 6.45) is 21.6. The summed E-state index contributed by atoms with van der Waals surface area (Å²) < 4.78 is 5.43. The zero-order valence-electron chi connectivity index (χ0n) is 18.6. The monoisotopic (exact) mass is 378 g/mol. The molecule has 2 bridgehead atoms. The summed E-state index contributed by atoms with van der Waals surface area (Å²) in [6, 6.07) is 0. The Labute approximate surface area is 169 Å². The van der Waals surface area contributed by atoms with E-state index in [1.54, 1.807) is 0 Å². The second-order valence-electron chi connectivity index (χ2n) is 9.21. The van der Waals surface area contributed by atoms with Crippen LogP contribution in [0.2, 0.25) is 0 Å². The van der Waals surface area contributed by atoms with E-state index in [0.29, 0.717) is 6.10 Å². The molecule has 27 heavy (non-hydrogen) atoms. The third-order valence-corrected chi connectivity index (χ3v) is 7.11. The van der Waals surface area contributed by atoms with Crippen molar-refractivity contribution >= 4 is 5.71 Å². The van der Waals surface area contributed by atoms with Crippen LogP contribution in [0, 0.1) is 11.8 Å². The third kappa shape index (κ3) is 9.09. The van der Waals surface area contributed by atoms with Gasteiger partial charge in [0, 0.05) is 19.9 Å². The number of aliphatic imine (C=N–C) groups is 1. The Bertz CT molecular complexity index is 383. The van der Waals surface area contributed by atoms with E-state index in [-0.39, 0.29) is 0 Å². The first-order chi connectivity index (χ1) is 13.2. The predicted octanol–water partition coefficient (Wildman–Crippen LogP) is 6.12. The molecule has 0 aromatic heterocycles. The summed E-state index contributed by atoms with van der Waals surface area (Å²) >= 11 is 0. The van der Waals surface area contributed by atoms with E-state index in [1.165, 1.54) is 115 Å². The second-order valence-corrected chi connectivity index (χ2v) is 9.21. The van der Waals surface area contributed by atoms with Gasteiger partial charge in [-0.1, -0.05) is 25.7 Å². The van der Waals surface area contributed by atoms with E-state index in [9.17, 15) is 0 Å². The Balaban J connectivity index is 0.000000146. The summed E-state index contributed by atoms with van der Waals surface area (Å²) in [5.41, 5.74) is 1.44. The summed E-state index contributed by atoms with van der Waals surface area (Å²) in [5, 5.41) is 0. The van der Waals surface area contributed by atoms with Crippen LogP contribution in [0.1, 0.15) is 96.3 Å². The van der Waals surface area contributed by atoms with Crippen LogP contribution in [0.3, 0.4) is 0 Å². The van der Waals surface area contributed by atoms with E-state index in [1.807, 2.05) is 14.2 Å². The van der Waals surface area contributed by atoms with E-state index in [2.05, 4.69) is 16.9 Å². The molecule has 0 spiro atoms. The van der Waals surface area contributed by atoms with Gasteiger partial charge in [-0.15, -0.1) is 0 Å². The van der Waals surface area contributed by atoms with Gasteiger partial charge in [-0.05, 0) is 103 Å². The van der Waals surface area contributed by atoms with Crippen molar-refractivity contribution in [3.63, 3.8) is 0 Å². The van der Waals surface area contributed by atoms with Crippen LogP contribution in [0.25, 0.3) is 0 Å². The quantitative estimate of drug-likeness (QED) is 0.514. The van der Waals surface area contributed by atoms with Crippen LogP contribution in [0.15, 0.2) is 4.99 Å². The fourth-order valence-electron chi connectivity index (χ4n) is 5.19. The number of hydrogen-bond donors (Lipinski definition) is 0. The van der Waals surface area contributed by atoms with Crippen LogP contribution in [-0.4, -0.2) is 51.0 Å². The first kappa shape index (κ1) is 22.9. The number of nitrogens with zero attached hydrogens (tertiary/aromatic N) is 2. The number of methoxy groups -OCH3 is 1. The lowest BCUT2D eigenvalue weighted by atomic mass is 9.69. The van der Waals surface area contributed by atoms with Gasteiger partial charge >= 0.3 is 0 Å². The van der Waals surface area contributed by atoms with Gasteiger partial charge in [0.05, 0.1) is 6.10 Å². The van der Waals surface area contributed by atoms with Gasteiger partial charge in [-0.3, -0.25) is 4.99 Å². The molecule has 0 aromatic rings. The molecule has 158 valence electrons. The number of fused-ring (bicyclic) bond motifs is 3. The van der Waals surface area contributed by atoms with Crippen LogP contribution >= 0.6 is 0 Å². The van der Waals surface area contributed by atoms with Gasteiger partial charge in [0.15, 0.2) is 0 Å². The molecule has 0 N–H and O–H groups in total. The lowest BCUT2D eigenvalue weighted by Crippen LogP contribution is -2.36. The number of ether oxygens (including phenoxy) is 1. The molecule has 4 aliphatic carbocycles. The maximum atomic E-state index is 5.43. The van der Waals surface area contributed by atoms with Crippen LogP contribution < -0.4 is 0 Å². The minimum Gasteiger partial charge on any atom is -0.381 e. The fourth-order valence-corrected chi connectivity index (χ4v) is 5.19. The van der Waals surface area contributed by atoms with Gasteiger partial charge < -0.3 is 9.64 Å². The van der Waals surface area contributed by atoms with Crippen molar-refractivity contribution in [2.45, 2.75) is 102 Å². The van der Waals surface area contributed by atoms with Gasteiger partial charge in [0.1, 0.15) is 0 Å². The highest BCUT2D eigenvalue weighted by Gasteiger charge is 2.35. The molecule has 1 heterocycles. The second kappa shape index (κ2) is 13.7. The zero-order chi connectivity index (χ0) is 19.3. The Morgan fingerprint density at radius 1 is 0.815 bits per heavy atom. The normalized spacial score (nSPS) is 31.5. The van der Waals surface area contributed by atoms with Crippen molar-refractivity contribution in [1.82, 2.24) is 4.90 Å². The lowest BCUT2D eigenvalue weighted by molar-refractivity contribution is -0.0288. The smallest absolute Gasteiger partial charge is 0.0602 e. The number of likely N-dealkylation sites (tertiary alicyclic amines) is 1. The van der Waals surface area contributed by atoms with Crippen LogP contribution in [0.4, 0.5) is 0 Å². The fraction of sp³-hybridized carbons (Fsp3) is 0.958. The molecule has 1 saturated heterocycles. The Hall–Kier alpha value is -0.410. The van der Waals surface area contributed by atoms with E-state index in [4.69, 9.17) is 4.74 Å². The molecular formula is C24H46N2O. The van der Waals surface area contributed by atoms with Gasteiger partial charge in [0.2, 0.25) is 0 Å². The molecule has 3 heteroatoms. The average Bonchev–Trinajstić information content (AvgIpc) is 3.14. The summed E-state index contributed by atoms with van der Waals surface area (Å²) in [5.74, 6) is 1.92. The Morgan fingerprint density at radius 2 is 1.37 bits per heavy atom. The lowest BCUT2D eigenvalue weighted by Gasteiger charge is -2.41. The molecule has 1 atom stereocenters. The molecule has 5 aliphatic rings. The SMILES string of the molecule is CN1CCCCCC1.CN=C1CCCCCC1.COC1CC2CCC1CC2. The predicted molar refractivity (Wildman–Crippen MR) is 118 cm³/mol. The van der Waals surface area contributed by atoms with Crippen molar-refractivity contribution in [1.29, 1.82) is 0 Å². The first-order valence-corrected chi connectivity index (χ1v) is 11.9. The summed E-state index contributed by atoms with van der Waals surface area (Å²) in [4.78, 5) is 6.65. The van der Waals surface area contributed by atoms with Crippen molar-refractivity contribution in [3.05, 3.63) is 0 Å². The maximum absolute atomic E-state index is 5.43. The van der Waals surface area contributed by atoms with E-state index < -0.39 is 0 Å². The van der Waals surface area contributed by atoms with Crippen molar-refractivity contribution in [2.75, 3.05) is 34.3 Å². The third-order valence-electron chi connectivity index (χ3n) is 7.11. The Kier molecular flexibility index (Phi) is 11.6.